The lowest BCUT2D eigenvalue weighted by molar-refractivity contribution is -0.121. The molecular formula is C22H26ClN3O3. The number of halogens is 1. The van der Waals surface area contributed by atoms with Gasteiger partial charge in [-0.25, -0.2) is 4.79 Å². The summed E-state index contributed by atoms with van der Waals surface area (Å²) in [5.74, 6) is -0.567. The summed E-state index contributed by atoms with van der Waals surface area (Å²) in [6.45, 7) is 6.59. The van der Waals surface area contributed by atoms with Crippen LogP contribution in [0.2, 0.25) is 5.02 Å². The fourth-order valence-corrected chi connectivity index (χ4v) is 3.85. The van der Waals surface area contributed by atoms with Crippen molar-refractivity contribution in [2.24, 2.45) is 0 Å². The number of rotatable bonds is 9. The topological polar surface area (TPSA) is 67.5 Å². The molecule has 3 rings (SSSR count). The minimum Gasteiger partial charge on any atom is -0.408 e. The molecule has 0 aliphatic carbocycles. The second kappa shape index (κ2) is 9.76. The zero-order valence-corrected chi connectivity index (χ0v) is 17.5. The van der Waals surface area contributed by atoms with E-state index in [4.69, 9.17) is 16.0 Å². The molecule has 1 aromatic heterocycles. The Balaban J connectivity index is 1.66. The number of hydrogen-bond acceptors (Lipinski definition) is 4. The highest BCUT2D eigenvalue weighted by Crippen LogP contribution is 2.27. The normalized spacial score (nSPS) is 12.4. The highest BCUT2D eigenvalue weighted by Gasteiger charge is 2.21. The minimum atomic E-state index is -0.448. The van der Waals surface area contributed by atoms with Crippen molar-refractivity contribution in [1.29, 1.82) is 0 Å². The van der Waals surface area contributed by atoms with Crippen molar-refractivity contribution in [3.8, 4) is 0 Å². The van der Waals surface area contributed by atoms with Gasteiger partial charge < -0.3 is 9.73 Å². The van der Waals surface area contributed by atoms with Crippen LogP contribution >= 0.6 is 11.6 Å². The van der Waals surface area contributed by atoms with E-state index >= 15 is 0 Å². The quantitative estimate of drug-likeness (QED) is 0.576. The van der Waals surface area contributed by atoms with Crippen LogP contribution in [-0.4, -0.2) is 35.0 Å². The Morgan fingerprint density at radius 3 is 2.55 bits per heavy atom. The standard InChI is InChI=1S/C22H26ClN3O3/c1-3-25(4-2)19(16-9-5-6-10-17(16)23)15-24-21(27)13-14-26-18-11-7-8-12-20(18)29-22(26)28/h5-12,19H,3-4,13-15H2,1-2H3,(H,24,27). The summed E-state index contributed by atoms with van der Waals surface area (Å²) in [6, 6.07) is 14.9. The van der Waals surface area contributed by atoms with Crippen LogP contribution in [-0.2, 0) is 11.3 Å². The van der Waals surface area contributed by atoms with Crippen molar-refractivity contribution >= 4 is 28.6 Å². The number of oxazole rings is 1. The molecule has 29 heavy (non-hydrogen) atoms. The molecule has 0 radical (unpaired) electrons. The van der Waals surface area contributed by atoms with Crippen molar-refractivity contribution in [3.05, 3.63) is 69.7 Å². The van der Waals surface area contributed by atoms with E-state index in [1.54, 1.807) is 6.07 Å². The maximum Gasteiger partial charge on any atom is 0.419 e. The van der Waals surface area contributed by atoms with E-state index in [1.165, 1.54) is 4.57 Å². The molecule has 0 aliphatic rings. The van der Waals surface area contributed by atoms with Crippen LogP contribution < -0.4 is 11.1 Å². The first-order chi connectivity index (χ1) is 14.0. The fraction of sp³-hybridized carbons (Fsp3) is 0.364. The van der Waals surface area contributed by atoms with Gasteiger partial charge in [0.2, 0.25) is 5.91 Å². The molecule has 0 saturated carbocycles. The van der Waals surface area contributed by atoms with E-state index in [2.05, 4.69) is 24.1 Å². The van der Waals surface area contributed by atoms with Gasteiger partial charge in [0.25, 0.3) is 0 Å². The van der Waals surface area contributed by atoms with Crippen LogP contribution in [0.3, 0.4) is 0 Å². The summed E-state index contributed by atoms with van der Waals surface area (Å²) < 4.78 is 6.71. The SMILES string of the molecule is CCN(CC)C(CNC(=O)CCn1c(=O)oc2ccccc21)c1ccccc1Cl. The molecule has 1 N–H and O–H groups in total. The maximum atomic E-state index is 12.5. The third-order valence-corrected chi connectivity index (χ3v) is 5.49. The number of carbonyl (C=O) groups excluding carboxylic acids is 1. The molecule has 0 fully saturated rings. The minimum absolute atomic E-state index is 0.0138. The summed E-state index contributed by atoms with van der Waals surface area (Å²) in [4.78, 5) is 26.8. The van der Waals surface area contributed by atoms with Gasteiger partial charge in [0.15, 0.2) is 5.58 Å². The summed E-state index contributed by atoms with van der Waals surface area (Å²) in [5, 5.41) is 3.69. The molecule has 2 aromatic carbocycles. The van der Waals surface area contributed by atoms with Gasteiger partial charge in [0.05, 0.1) is 11.6 Å². The first kappa shape index (κ1) is 21.1. The summed E-state index contributed by atoms with van der Waals surface area (Å²) in [6.07, 6.45) is 0.191. The Hall–Kier alpha value is -2.57. The van der Waals surface area contributed by atoms with Crippen LogP contribution in [0.25, 0.3) is 11.1 Å². The molecule has 0 bridgehead atoms. The van der Waals surface area contributed by atoms with Crippen LogP contribution in [0.1, 0.15) is 31.9 Å². The van der Waals surface area contributed by atoms with Crippen molar-refractivity contribution in [2.75, 3.05) is 19.6 Å². The number of nitrogens with zero attached hydrogens (tertiary/aromatic N) is 2. The first-order valence-electron chi connectivity index (χ1n) is 9.88. The molecule has 7 heteroatoms. The van der Waals surface area contributed by atoms with Gasteiger partial charge in [0.1, 0.15) is 0 Å². The lowest BCUT2D eigenvalue weighted by Crippen LogP contribution is -2.38. The third kappa shape index (κ3) is 4.89. The second-order valence-corrected chi connectivity index (χ2v) is 7.21. The van der Waals surface area contributed by atoms with Gasteiger partial charge in [-0.3, -0.25) is 14.3 Å². The second-order valence-electron chi connectivity index (χ2n) is 6.80. The predicted octanol–water partition coefficient (Wildman–Crippen LogP) is 3.84. The zero-order valence-electron chi connectivity index (χ0n) is 16.7. The monoisotopic (exact) mass is 415 g/mol. The number of carbonyl (C=O) groups is 1. The number of aromatic nitrogens is 1. The average molecular weight is 416 g/mol. The molecule has 3 aromatic rings. The number of amides is 1. The molecule has 0 spiro atoms. The molecule has 0 saturated heterocycles. The lowest BCUT2D eigenvalue weighted by atomic mass is 10.0. The summed E-state index contributed by atoms with van der Waals surface area (Å²) >= 11 is 6.41. The smallest absolute Gasteiger partial charge is 0.408 e. The number of likely N-dealkylation sites (N-methyl/N-ethyl adjacent to an activating group) is 1. The van der Waals surface area contributed by atoms with Crippen LogP contribution in [0.5, 0.6) is 0 Å². The lowest BCUT2D eigenvalue weighted by Gasteiger charge is -2.31. The maximum absolute atomic E-state index is 12.5. The Morgan fingerprint density at radius 2 is 1.83 bits per heavy atom. The van der Waals surface area contributed by atoms with E-state index in [0.717, 1.165) is 18.7 Å². The van der Waals surface area contributed by atoms with E-state index in [-0.39, 0.29) is 24.9 Å². The number of benzene rings is 2. The Bertz CT molecular complexity index is 1020. The van der Waals surface area contributed by atoms with E-state index in [9.17, 15) is 9.59 Å². The summed E-state index contributed by atoms with van der Waals surface area (Å²) in [7, 11) is 0. The first-order valence-corrected chi connectivity index (χ1v) is 10.3. The van der Waals surface area contributed by atoms with Crippen LogP contribution in [0.15, 0.2) is 57.7 Å². The molecule has 1 heterocycles. The molecule has 1 unspecified atom stereocenters. The zero-order chi connectivity index (χ0) is 20.8. The molecule has 1 amide bonds. The number of hydrogen-bond donors (Lipinski definition) is 1. The van der Waals surface area contributed by atoms with Gasteiger partial charge in [0, 0.05) is 24.5 Å². The highest BCUT2D eigenvalue weighted by atomic mass is 35.5. The van der Waals surface area contributed by atoms with Gasteiger partial charge in [-0.05, 0) is 36.9 Å². The van der Waals surface area contributed by atoms with Crippen molar-refractivity contribution in [1.82, 2.24) is 14.8 Å². The van der Waals surface area contributed by atoms with E-state index < -0.39 is 5.76 Å². The average Bonchev–Trinajstić information content (AvgIpc) is 3.05. The van der Waals surface area contributed by atoms with Crippen LogP contribution in [0.4, 0.5) is 0 Å². The number of aryl methyl sites for hydroxylation is 1. The fourth-order valence-electron chi connectivity index (χ4n) is 3.58. The Kier molecular flexibility index (Phi) is 7.12. The Labute approximate surface area is 175 Å². The molecular weight excluding hydrogens is 390 g/mol. The van der Waals surface area contributed by atoms with Gasteiger partial charge >= 0.3 is 5.76 Å². The van der Waals surface area contributed by atoms with Gasteiger partial charge in [-0.2, -0.15) is 0 Å². The van der Waals surface area contributed by atoms with E-state index in [0.29, 0.717) is 22.7 Å². The molecule has 1 atom stereocenters. The van der Waals surface area contributed by atoms with Crippen molar-refractivity contribution < 1.29 is 9.21 Å². The van der Waals surface area contributed by atoms with Crippen molar-refractivity contribution in [3.63, 3.8) is 0 Å². The van der Waals surface area contributed by atoms with Crippen molar-refractivity contribution in [2.45, 2.75) is 32.9 Å². The molecule has 0 aliphatic heterocycles. The summed E-state index contributed by atoms with van der Waals surface area (Å²) in [5.41, 5.74) is 2.22. The number of fused-ring (bicyclic) bond motifs is 1. The number of para-hydroxylation sites is 2. The molecule has 6 nitrogen and oxygen atoms in total. The number of nitrogens with one attached hydrogen (secondary N) is 1. The van der Waals surface area contributed by atoms with E-state index in [1.807, 2.05) is 42.5 Å². The Morgan fingerprint density at radius 1 is 1.14 bits per heavy atom. The predicted molar refractivity (Wildman–Crippen MR) is 115 cm³/mol. The van der Waals surface area contributed by atoms with Gasteiger partial charge in [-0.1, -0.05) is 55.8 Å². The largest absolute Gasteiger partial charge is 0.419 e. The highest BCUT2D eigenvalue weighted by molar-refractivity contribution is 6.31. The van der Waals surface area contributed by atoms with Crippen LogP contribution in [0, 0.1) is 0 Å². The molecule has 154 valence electrons. The third-order valence-electron chi connectivity index (χ3n) is 5.15. The van der Waals surface area contributed by atoms with Gasteiger partial charge in [-0.15, -0.1) is 0 Å².